The molecule has 0 aliphatic heterocycles. The van der Waals surface area contributed by atoms with Gasteiger partial charge in [0.2, 0.25) is 10.0 Å². The molecule has 0 aliphatic carbocycles. The topological polar surface area (TPSA) is 57.6 Å². The van der Waals surface area contributed by atoms with E-state index in [2.05, 4.69) is 0 Å². The first-order chi connectivity index (χ1) is 7.49. The maximum absolute atomic E-state index is 11.8. The van der Waals surface area contributed by atoms with E-state index in [1.807, 2.05) is 0 Å². The average molecular weight is 243 g/mol. The maximum atomic E-state index is 11.8. The lowest BCUT2D eigenvalue weighted by atomic mass is 10.2. The highest BCUT2D eigenvalue weighted by molar-refractivity contribution is 7.88. The van der Waals surface area contributed by atoms with E-state index in [1.165, 1.54) is 4.31 Å². The highest BCUT2D eigenvalue weighted by Gasteiger charge is 2.16. The minimum atomic E-state index is -3.21. The molecule has 0 radical (unpaired) electrons. The van der Waals surface area contributed by atoms with Gasteiger partial charge in [-0.15, -0.1) is 0 Å². The van der Waals surface area contributed by atoms with Crippen LogP contribution in [0.1, 0.15) is 18.1 Å². The Morgan fingerprint density at radius 3 is 2.12 bits per heavy atom. The zero-order valence-electron chi connectivity index (χ0n) is 9.55. The van der Waals surface area contributed by atoms with E-state index in [1.54, 1.807) is 38.2 Å². The Balaban J connectivity index is 2.80. The van der Waals surface area contributed by atoms with Crippen molar-refractivity contribution < 1.29 is 13.5 Å². The molecule has 0 aliphatic rings. The summed E-state index contributed by atoms with van der Waals surface area (Å²) >= 11 is 0. The van der Waals surface area contributed by atoms with E-state index in [-0.39, 0.29) is 12.4 Å². The van der Waals surface area contributed by atoms with Crippen molar-refractivity contribution in [3.05, 3.63) is 35.4 Å². The molecule has 0 heterocycles. The molecule has 5 heteroatoms. The lowest BCUT2D eigenvalue weighted by Crippen LogP contribution is -2.27. The molecule has 0 saturated carbocycles. The third kappa shape index (κ3) is 3.30. The summed E-state index contributed by atoms with van der Waals surface area (Å²) in [6.45, 7) is 2.24. The van der Waals surface area contributed by atoms with Crippen LogP contribution in [0.15, 0.2) is 24.3 Å². The molecule has 90 valence electrons. The highest BCUT2D eigenvalue weighted by Crippen LogP contribution is 2.10. The first-order valence-electron chi connectivity index (χ1n) is 5.12. The molecule has 16 heavy (non-hydrogen) atoms. The predicted molar refractivity (Wildman–Crippen MR) is 63.3 cm³/mol. The standard InChI is InChI=1S/C11H17NO3S/c1-3-12(2)16(14,15)9-11-6-4-10(8-13)5-7-11/h4-7,13H,3,8-9H2,1-2H3. The Morgan fingerprint density at radius 2 is 1.69 bits per heavy atom. The van der Waals surface area contributed by atoms with Crippen molar-refractivity contribution in [2.45, 2.75) is 19.3 Å². The van der Waals surface area contributed by atoms with E-state index < -0.39 is 10.0 Å². The molecule has 0 unspecified atom stereocenters. The highest BCUT2D eigenvalue weighted by atomic mass is 32.2. The molecule has 1 aromatic carbocycles. The second kappa shape index (κ2) is 5.43. The van der Waals surface area contributed by atoms with Gasteiger partial charge in [-0.05, 0) is 11.1 Å². The second-order valence-corrected chi connectivity index (χ2v) is 5.72. The number of hydrogen-bond acceptors (Lipinski definition) is 3. The van der Waals surface area contributed by atoms with Crippen molar-refractivity contribution in [3.8, 4) is 0 Å². The van der Waals surface area contributed by atoms with Gasteiger partial charge in [0.05, 0.1) is 12.4 Å². The van der Waals surface area contributed by atoms with E-state index in [0.29, 0.717) is 6.54 Å². The van der Waals surface area contributed by atoms with Crippen molar-refractivity contribution in [2.24, 2.45) is 0 Å². The first-order valence-corrected chi connectivity index (χ1v) is 6.73. The summed E-state index contributed by atoms with van der Waals surface area (Å²) in [7, 11) is -1.65. The average Bonchev–Trinajstić information content (AvgIpc) is 2.28. The zero-order chi connectivity index (χ0) is 12.2. The molecule has 0 aromatic heterocycles. The van der Waals surface area contributed by atoms with Crippen molar-refractivity contribution in [1.82, 2.24) is 4.31 Å². The number of aliphatic hydroxyl groups is 1. The molecule has 0 fully saturated rings. The zero-order valence-corrected chi connectivity index (χ0v) is 10.4. The van der Waals surface area contributed by atoms with Gasteiger partial charge in [-0.3, -0.25) is 0 Å². The van der Waals surface area contributed by atoms with Crippen LogP contribution in [0.25, 0.3) is 0 Å². The van der Waals surface area contributed by atoms with Crippen LogP contribution in [0.5, 0.6) is 0 Å². The molecule has 1 N–H and O–H groups in total. The monoisotopic (exact) mass is 243 g/mol. The number of hydrogen-bond donors (Lipinski definition) is 1. The summed E-state index contributed by atoms with van der Waals surface area (Å²) in [5.41, 5.74) is 1.52. The Kier molecular flexibility index (Phi) is 4.46. The van der Waals surface area contributed by atoms with Gasteiger partial charge in [0.25, 0.3) is 0 Å². The van der Waals surface area contributed by atoms with Crippen molar-refractivity contribution in [2.75, 3.05) is 13.6 Å². The molecular weight excluding hydrogens is 226 g/mol. The van der Waals surface area contributed by atoms with Gasteiger partial charge in [0, 0.05) is 13.6 Å². The molecule has 0 bridgehead atoms. The summed E-state index contributed by atoms with van der Waals surface area (Å²) in [6.07, 6.45) is 0. The van der Waals surface area contributed by atoms with Crippen LogP contribution in [0.4, 0.5) is 0 Å². The van der Waals surface area contributed by atoms with E-state index >= 15 is 0 Å². The van der Waals surface area contributed by atoms with Gasteiger partial charge in [-0.2, -0.15) is 0 Å². The van der Waals surface area contributed by atoms with Crippen LogP contribution in [0.3, 0.4) is 0 Å². The fraction of sp³-hybridized carbons (Fsp3) is 0.455. The van der Waals surface area contributed by atoms with Crippen LogP contribution >= 0.6 is 0 Å². The van der Waals surface area contributed by atoms with Gasteiger partial charge in [0.15, 0.2) is 0 Å². The Morgan fingerprint density at radius 1 is 1.19 bits per heavy atom. The lowest BCUT2D eigenvalue weighted by Gasteiger charge is -2.14. The molecule has 0 saturated heterocycles. The molecular formula is C11H17NO3S. The van der Waals surface area contributed by atoms with Crippen LogP contribution in [-0.2, 0) is 22.4 Å². The SMILES string of the molecule is CCN(C)S(=O)(=O)Cc1ccc(CO)cc1. The summed E-state index contributed by atoms with van der Waals surface area (Å²) in [4.78, 5) is 0. The minimum absolute atomic E-state index is 0.00302. The maximum Gasteiger partial charge on any atom is 0.218 e. The Hall–Kier alpha value is -0.910. The molecule has 0 spiro atoms. The van der Waals surface area contributed by atoms with Gasteiger partial charge in [0.1, 0.15) is 0 Å². The largest absolute Gasteiger partial charge is 0.392 e. The van der Waals surface area contributed by atoms with Crippen molar-refractivity contribution >= 4 is 10.0 Å². The second-order valence-electron chi connectivity index (χ2n) is 3.64. The van der Waals surface area contributed by atoms with Crippen LogP contribution in [0.2, 0.25) is 0 Å². The third-order valence-corrected chi connectivity index (χ3v) is 4.38. The van der Waals surface area contributed by atoms with Gasteiger partial charge in [-0.25, -0.2) is 12.7 Å². The van der Waals surface area contributed by atoms with Crippen LogP contribution < -0.4 is 0 Å². The summed E-state index contributed by atoms with van der Waals surface area (Å²) in [6, 6.07) is 6.92. The van der Waals surface area contributed by atoms with Crippen LogP contribution in [0, 0.1) is 0 Å². The number of aliphatic hydroxyl groups excluding tert-OH is 1. The van der Waals surface area contributed by atoms with Gasteiger partial charge >= 0.3 is 0 Å². The third-order valence-electron chi connectivity index (χ3n) is 2.47. The quantitative estimate of drug-likeness (QED) is 0.838. The fourth-order valence-corrected chi connectivity index (χ4v) is 2.49. The van der Waals surface area contributed by atoms with E-state index in [0.717, 1.165) is 11.1 Å². The minimum Gasteiger partial charge on any atom is -0.392 e. The lowest BCUT2D eigenvalue weighted by molar-refractivity contribution is 0.282. The number of nitrogens with zero attached hydrogens (tertiary/aromatic N) is 1. The van der Waals surface area contributed by atoms with E-state index in [4.69, 9.17) is 5.11 Å². The fourth-order valence-electron chi connectivity index (χ4n) is 1.26. The molecule has 1 aromatic rings. The normalized spacial score (nSPS) is 12.0. The molecule has 0 atom stereocenters. The first kappa shape index (κ1) is 13.2. The van der Waals surface area contributed by atoms with Crippen molar-refractivity contribution in [1.29, 1.82) is 0 Å². The van der Waals surface area contributed by atoms with Gasteiger partial charge < -0.3 is 5.11 Å². The predicted octanol–water partition coefficient (Wildman–Crippen LogP) is 0.960. The summed E-state index contributed by atoms with van der Waals surface area (Å²) in [5, 5.41) is 8.86. The smallest absolute Gasteiger partial charge is 0.218 e. The molecule has 0 amide bonds. The number of rotatable bonds is 5. The number of benzene rings is 1. The summed E-state index contributed by atoms with van der Waals surface area (Å²) < 4.78 is 24.9. The van der Waals surface area contributed by atoms with E-state index in [9.17, 15) is 8.42 Å². The van der Waals surface area contributed by atoms with Gasteiger partial charge in [-0.1, -0.05) is 31.2 Å². The molecule has 1 rings (SSSR count). The Labute approximate surface area is 96.6 Å². The van der Waals surface area contributed by atoms with Crippen molar-refractivity contribution in [3.63, 3.8) is 0 Å². The van der Waals surface area contributed by atoms with Crippen LogP contribution in [-0.4, -0.2) is 31.4 Å². The Bertz CT molecular complexity index is 425. The summed E-state index contributed by atoms with van der Waals surface area (Å²) in [5.74, 6) is 0.00302. The number of sulfonamides is 1. The molecule has 4 nitrogen and oxygen atoms in total.